The van der Waals surface area contributed by atoms with Crippen LogP contribution in [-0.4, -0.2) is 68.4 Å². The molecule has 2 fully saturated rings. The average molecular weight is 367 g/mol. The molecule has 0 radical (unpaired) electrons. The zero-order valence-corrected chi connectivity index (χ0v) is 15.4. The zero-order chi connectivity index (χ0) is 17.9. The number of rotatable bonds is 6. The van der Waals surface area contributed by atoms with Gasteiger partial charge in [0.2, 0.25) is 15.9 Å². The smallest absolute Gasteiger partial charge is 0.244 e. The monoisotopic (exact) mass is 367 g/mol. The number of likely N-dealkylation sites (tertiary alicyclic amines) is 1. The number of aromatic nitrogens is 1. The quantitative estimate of drug-likeness (QED) is 0.704. The van der Waals surface area contributed by atoms with Gasteiger partial charge in [0.1, 0.15) is 4.90 Å². The molecular formula is C17H25N3O4S. The van der Waals surface area contributed by atoms with E-state index in [9.17, 15) is 13.2 Å². The van der Waals surface area contributed by atoms with Gasteiger partial charge in [-0.3, -0.25) is 9.78 Å². The van der Waals surface area contributed by atoms with E-state index in [1.54, 1.807) is 25.4 Å². The lowest BCUT2D eigenvalue weighted by Gasteiger charge is -2.39. The van der Waals surface area contributed by atoms with Gasteiger partial charge in [-0.1, -0.05) is 0 Å². The van der Waals surface area contributed by atoms with Gasteiger partial charge in [-0.25, -0.2) is 8.42 Å². The van der Waals surface area contributed by atoms with Crippen LogP contribution in [0.5, 0.6) is 0 Å². The van der Waals surface area contributed by atoms with E-state index in [-0.39, 0.29) is 17.3 Å². The average Bonchev–Trinajstić information content (AvgIpc) is 3.06. The first-order chi connectivity index (χ1) is 12.0. The van der Waals surface area contributed by atoms with Gasteiger partial charge in [0, 0.05) is 52.3 Å². The predicted molar refractivity (Wildman–Crippen MR) is 92.4 cm³/mol. The van der Waals surface area contributed by atoms with Gasteiger partial charge in [0.25, 0.3) is 0 Å². The van der Waals surface area contributed by atoms with Crippen molar-refractivity contribution in [2.24, 2.45) is 5.41 Å². The first-order valence-electron chi connectivity index (χ1n) is 8.68. The number of hydrogen-bond donors (Lipinski definition) is 0. The minimum atomic E-state index is -3.60. The number of carbonyl (C=O) groups excluding carboxylic acids is 1. The summed E-state index contributed by atoms with van der Waals surface area (Å²) in [6, 6.07) is 3.16. The number of methoxy groups -OCH3 is 1. The zero-order valence-electron chi connectivity index (χ0n) is 14.6. The predicted octanol–water partition coefficient (Wildman–Crippen LogP) is 1.12. The van der Waals surface area contributed by atoms with Crippen LogP contribution in [0.3, 0.4) is 0 Å². The molecule has 1 aromatic heterocycles. The molecule has 0 N–H and O–H groups in total. The van der Waals surface area contributed by atoms with Crippen molar-refractivity contribution in [3.63, 3.8) is 0 Å². The Morgan fingerprint density at radius 1 is 1.32 bits per heavy atom. The van der Waals surface area contributed by atoms with E-state index in [1.165, 1.54) is 10.5 Å². The maximum absolute atomic E-state index is 13.0. The standard InChI is InChI=1S/C17H25N3O4S/c1-24-12-4-10-19-9-3-6-17(16(19)21)7-11-20(14-17)25(22,23)15-5-2-8-18-13-15/h2,5,8,13H,3-4,6-7,9-12,14H2,1H3/t17-/m1/s1. The molecule has 3 rings (SSSR count). The number of nitrogens with zero attached hydrogens (tertiary/aromatic N) is 3. The first kappa shape index (κ1) is 18.3. The Labute approximate surface area is 149 Å². The number of amides is 1. The Bertz CT molecular complexity index is 710. The van der Waals surface area contributed by atoms with Crippen LogP contribution < -0.4 is 0 Å². The molecule has 25 heavy (non-hydrogen) atoms. The summed E-state index contributed by atoms with van der Waals surface area (Å²) in [6.45, 7) is 2.69. The van der Waals surface area contributed by atoms with Crippen LogP contribution in [0.1, 0.15) is 25.7 Å². The maximum Gasteiger partial charge on any atom is 0.244 e. The van der Waals surface area contributed by atoms with Crippen molar-refractivity contribution in [2.45, 2.75) is 30.6 Å². The second-order valence-corrected chi connectivity index (χ2v) is 8.74. The van der Waals surface area contributed by atoms with Crippen LogP contribution in [0.25, 0.3) is 0 Å². The molecule has 0 aliphatic carbocycles. The summed E-state index contributed by atoms with van der Waals surface area (Å²) in [5, 5.41) is 0. The molecule has 0 bridgehead atoms. The van der Waals surface area contributed by atoms with Crippen LogP contribution in [-0.2, 0) is 19.6 Å². The molecule has 1 amide bonds. The summed E-state index contributed by atoms with van der Waals surface area (Å²) in [4.78, 5) is 19.0. The second-order valence-electron chi connectivity index (χ2n) is 6.80. The molecular weight excluding hydrogens is 342 g/mol. The Balaban J connectivity index is 1.73. The van der Waals surface area contributed by atoms with E-state index < -0.39 is 15.4 Å². The van der Waals surface area contributed by atoms with Crippen molar-refractivity contribution in [3.05, 3.63) is 24.5 Å². The third kappa shape index (κ3) is 3.56. The van der Waals surface area contributed by atoms with E-state index in [0.29, 0.717) is 26.1 Å². The lowest BCUT2D eigenvalue weighted by Crippen LogP contribution is -2.50. The number of carbonyl (C=O) groups is 1. The minimum Gasteiger partial charge on any atom is -0.385 e. The summed E-state index contributed by atoms with van der Waals surface area (Å²) in [6.07, 6.45) is 5.97. The van der Waals surface area contributed by atoms with Crippen molar-refractivity contribution >= 4 is 15.9 Å². The molecule has 2 aliphatic heterocycles. The van der Waals surface area contributed by atoms with E-state index >= 15 is 0 Å². The number of ether oxygens (including phenoxy) is 1. The van der Waals surface area contributed by atoms with E-state index in [0.717, 1.165) is 25.8 Å². The summed E-state index contributed by atoms with van der Waals surface area (Å²) in [5.41, 5.74) is -0.569. The van der Waals surface area contributed by atoms with E-state index in [2.05, 4.69) is 4.98 Å². The molecule has 0 saturated carbocycles. The summed E-state index contributed by atoms with van der Waals surface area (Å²) >= 11 is 0. The molecule has 1 aromatic rings. The lowest BCUT2D eigenvalue weighted by molar-refractivity contribution is -0.145. The number of sulfonamides is 1. The molecule has 0 aromatic carbocycles. The molecule has 0 unspecified atom stereocenters. The maximum atomic E-state index is 13.0. The third-order valence-electron chi connectivity index (χ3n) is 5.19. The Hall–Kier alpha value is -1.51. The highest BCUT2D eigenvalue weighted by molar-refractivity contribution is 7.89. The SMILES string of the molecule is COCCCN1CCC[C@]2(CCN(S(=O)(=O)c3cccnc3)C2)C1=O. The van der Waals surface area contributed by atoms with Gasteiger partial charge >= 0.3 is 0 Å². The van der Waals surface area contributed by atoms with Crippen molar-refractivity contribution in [1.82, 2.24) is 14.2 Å². The summed E-state index contributed by atoms with van der Waals surface area (Å²) in [5.74, 6) is 0.0961. The van der Waals surface area contributed by atoms with Crippen LogP contribution >= 0.6 is 0 Å². The normalized spacial score (nSPS) is 25.0. The number of pyridine rings is 1. The van der Waals surface area contributed by atoms with Gasteiger partial charge < -0.3 is 9.64 Å². The fraction of sp³-hybridized carbons (Fsp3) is 0.647. The molecule has 8 heteroatoms. The minimum absolute atomic E-state index is 0.0961. The van der Waals surface area contributed by atoms with Crippen LogP contribution in [0, 0.1) is 5.41 Å². The van der Waals surface area contributed by atoms with Crippen LogP contribution in [0.2, 0.25) is 0 Å². The highest BCUT2D eigenvalue weighted by atomic mass is 32.2. The van der Waals surface area contributed by atoms with Crippen molar-refractivity contribution < 1.29 is 17.9 Å². The summed E-state index contributed by atoms with van der Waals surface area (Å²) in [7, 11) is -1.95. The third-order valence-corrected chi connectivity index (χ3v) is 7.02. The van der Waals surface area contributed by atoms with Crippen molar-refractivity contribution in [2.75, 3.05) is 39.9 Å². The Morgan fingerprint density at radius 2 is 2.16 bits per heavy atom. The second kappa shape index (κ2) is 7.39. The molecule has 3 heterocycles. The topological polar surface area (TPSA) is 79.8 Å². The van der Waals surface area contributed by atoms with E-state index in [1.807, 2.05) is 4.90 Å². The molecule has 1 spiro atoms. The number of piperidine rings is 1. The molecule has 2 saturated heterocycles. The fourth-order valence-corrected chi connectivity index (χ4v) is 5.32. The fourth-order valence-electron chi connectivity index (χ4n) is 3.83. The molecule has 2 aliphatic rings. The summed E-state index contributed by atoms with van der Waals surface area (Å²) < 4.78 is 32.1. The lowest BCUT2D eigenvalue weighted by atomic mass is 9.78. The highest BCUT2D eigenvalue weighted by Crippen LogP contribution is 2.41. The Kier molecular flexibility index (Phi) is 5.41. The Morgan fingerprint density at radius 3 is 2.88 bits per heavy atom. The van der Waals surface area contributed by atoms with E-state index in [4.69, 9.17) is 4.74 Å². The molecule has 138 valence electrons. The van der Waals surface area contributed by atoms with Crippen LogP contribution in [0.4, 0.5) is 0 Å². The first-order valence-corrected chi connectivity index (χ1v) is 10.1. The molecule has 1 atom stereocenters. The van der Waals surface area contributed by atoms with Gasteiger partial charge in [0.05, 0.1) is 5.41 Å². The van der Waals surface area contributed by atoms with Crippen molar-refractivity contribution in [1.29, 1.82) is 0 Å². The van der Waals surface area contributed by atoms with Gasteiger partial charge in [0.15, 0.2) is 0 Å². The van der Waals surface area contributed by atoms with Crippen molar-refractivity contribution in [3.8, 4) is 0 Å². The van der Waals surface area contributed by atoms with Gasteiger partial charge in [-0.2, -0.15) is 4.31 Å². The molecule has 7 nitrogen and oxygen atoms in total. The largest absolute Gasteiger partial charge is 0.385 e. The number of hydrogen-bond acceptors (Lipinski definition) is 5. The van der Waals surface area contributed by atoms with Crippen LogP contribution in [0.15, 0.2) is 29.4 Å². The highest BCUT2D eigenvalue weighted by Gasteiger charge is 2.50. The van der Waals surface area contributed by atoms with Gasteiger partial charge in [-0.15, -0.1) is 0 Å². The van der Waals surface area contributed by atoms with Gasteiger partial charge in [-0.05, 0) is 37.8 Å².